The van der Waals surface area contributed by atoms with Crippen LogP contribution in [0, 0.1) is 13.8 Å². The zero-order chi connectivity index (χ0) is 16.1. The molecule has 0 radical (unpaired) electrons. The van der Waals surface area contributed by atoms with Crippen LogP contribution in [-0.2, 0) is 16.1 Å². The van der Waals surface area contributed by atoms with Crippen molar-refractivity contribution in [1.29, 1.82) is 0 Å². The van der Waals surface area contributed by atoms with E-state index in [9.17, 15) is 4.79 Å². The first kappa shape index (κ1) is 16.0. The Morgan fingerprint density at radius 1 is 1.09 bits per heavy atom. The van der Waals surface area contributed by atoms with E-state index >= 15 is 0 Å². The van der Waals surface area contributed by atoms with E-state index in [0.717, 1.165) is 11.3 Å². The van der Waals surface area contributed by atoms with Gasteiger partial charge in [0.1, 0.15) is 18.4 Å². The van der Waals surface area contributed by atoms with Gasteiger partial charge in [0.2, 0.25) is 0 Å². The summed E-state index contributed by atoms with van der Waals surface area (Å²) in [5, 5.41) is 0. The van der Waals surface area contributed by atoms with E-state index in [-0.39, 0.29) is 0 Å². The summed E-state index contributed by atoms with van der Waals surface area (Å²) in [4.78, 5) is 11.4. The molecule has 0 saturated carbocycles. The van der Waals surface area contributed by atoms with Gasteiger partial charge in [0.15, 0.2) is 0 Å². The fraction of sp³-hybridized carbons (Fsp3) is 0.278. The second kappa shape index (κ2) is 7.09. The fourth-order valence-corrected chi connectivity index (χ4v) is 2.35. The number of rotatable bonds is 5. The Labute approximate surface area is 130 Å². The second-order valence-corrected chi connectivity index (χ2v) is 5.35. The molecule has 2 N–H and O–H groups in total. The Kier molecular flexibility index (Phi) is 5.17. The number of aryl methyl sites for hydroxylation is 2. The molecule has 4 heteroatoms. The molecule has 0 amide bonds. The molecule has 0 heterocycles. The van der Waals surface area contributed by atoms with E-state index < -0.39 is 12.0 Å². The minimum Gasteiger partial charge on any atom is -0.489 e. The second-order valence-electron chi connectivity index (χ2n) is 5.35. The van der Waals surface area contributed by atoms with E-state index in [1.54, 1.807) is 24.3 Å². The molecule has 116 valence electrons. The van der Waals surface area contributed by atoms with Crippen LogP contribution in [0.5, 0.6) is 5.75 Å². The molecule has 2 rings (SSSR count). The van der Waals surface area contributed by atoms with Crippen molar-refractivity contribution in [2.75, 3.05) is 7.11 Å². The summed E-state index contributed by atoms with van der Waals surface area (Å²) in [6.07, 6.45) is 0. The molecule has 2 aromatic rings. The van der Waals surface area contributed by atoms with E-state index in [1.165, 1.54) is 18.2 Å². The van der Waals surface area contributed by atoms with Gasteiger partial charge in [0, 0.05) is 0 Å². The van der Waals surface area contributed by atoms with Crippen molar-refractivity contribution >= 4 is 5.97 Å². The van der Waals surface area contributed by atoms with Gasteiger partial charge in [-0.25, -0.2) is 0 Å². The molecule has 1 atom stereocenters. The third-order valence-corrected chi connectivity index (χ3v) is 3.38. The number of nitrogens with two attached hydrogens (primary N) is 1. The first-order valence-electron chi connectivity index (χ1n) is 7.13. The Bertz CT molecular complexity index is 630. The molecule has 0 aliphatic heterocycles. The summed E-state index contributed by atoms with van der Waals surface area (Å²) in [5.74, 6) is 0.281. The molecule has 0 fully saturated rings. The van der Waals surface area contributed by atoms with Crippen molar-refractivity contribution in [1.82, 2.24) is 0 Å². The van der Waals surface area contributed by atoms with E-state index in [4.69, 9.17) is 10.5 Å². The molecular weight excluding hydrogens is 278 g/mol. The summed E-state index contributed by atoms with van der Waals surface area (Å²) in [6, 6.07) is 12.7. The Balaban J connectivity index is 2.01. The smallest absolute Gasteiger partial charge is 0.327 e. The minimum absolute atomic E-state index is 0.455. The third-order valence-electron chi connectivity index (χ3n) is 3.38. The van der Waals surface area contributed by atoms with Crippen molar-refractivity contribution in [2.45, 2.75) is 26.5 Å². The summed E-state index contributed by atoms with van der Waals surface area (Å²) in [5.41, 5.74) is 10.1. The Morgan fingerprint density at radius 2 is 1.68 bits per heavy atom. The standard InChI is InChI=1S/C18H21NO3/c1-12-8-13(2)10-14(9-12)11-22-16-6-4-15(5-7-16)17(19)18(20)21-3/h4-10,17H,11,19H2,1-3H3. The number of hydrogen-bond donors (Lipinski definition) is 1. The van der Waals surface area contributed by atoms with Gasteiger partial charge in [-0.3, -0.25) is 4.79 Å². The molecule has 0 aliphatic carbocycles. The normalized spacial score (nSPS) is 11.8. The molecule has 4 nitrogen and oxygen atoms in total. The summed E-state index contributed by atoms with van der Waals surface area (Å²) < 4.78 is 10.4. The minimum atomic E-state index is -0.765. The quantitative estimate of drug-likeness (QED) is 0.862. The summed E-state index contributed by atoms with van der Waals surface area (Å²) in [6.45, 7) is 4.64. The van der Waals surface area contributed by atoms with Crippen molar-refractivity contribution in [3.63, 3.8) is 0 Å². The van der Waals surface area contributed by atoms with Gasteiger partial charge in [0.25, 0.3) is 0 Å². The number of esters is 1. The van der Waals surface area contributed by atoms with Crippen LogP contribution in [0.1, 0.15) is 28.3 Å². The van der Waals surface area contributed by atoms with Crippen molar-refractivity contribution in [3.8, 4) is 5.75 Å². The highest BCUT2D eigenvalue weighted by atomic mass is 16.5. The molecule has 0 saturated heterocycles. The van der Waals surface area contributed by atoms with E-state index in [0.29, 0.717) is 12.2 Å². The lowest BCUT2D eigenvalue weighted by Crippen LogP contribution is -2.22. The Hall–Kier alpha value is -2.33. The maximum atomic E-state index is 11.4. The molecule has 1 unspecified atom stereocenters. The van der Waals surface area contributed by atoms with Crippen molar-refractivity contribution in [2.24, 2.45) is 5.73 Å². The highest BCUT2D eigenvalue weighted by Crippen LogP contribution is 2.19. The van der Waals surface area contributed by atoms with Crippen LogP contribution in [0.25, 0.3) is 0 Å². The molecule has 0 aromatic heterocycles. The van der Waals surface area contributed by atoms with E-state index in [1.807, 2.05) is 0 Å². The van der Waals surface area contributed by atoms with Crippen LogP contribution >= 0.6 is 0 Å². The lowest BCUT2D eigenvalue weighted by atomic mass is 10.1. The monoisotopic (exact) mass is 299 g/mol. The topological polar surface area (TPSA) is 61.5 Å². The SMILES string of the molecule is COC(=O)C(N)c1ccc(OCc2cc(C)cc(C)c2)cc1. The fourth-order valence-electron chi connectivity index (χ4n) is 2.35. The van der Waals surface area contributed by atoms with Crippen LogP contribution in [0.15, 0.2) is 42.5 Å². The highest BCUT2D eigenvalue weighted by Gasteiger charge is 2.15. The molecule has 0 bridgehead atoms. The predicted molar refractivity (Wildman–Crippen MR) is 85.6 cm³/mol. The van der Waals surface area contributed by atoms with Gasteiger partial charge in [0.05, 0.1) is 7.11 Å². The molecule has 2 aromatic carbocycles. The molecule has 22 heavy (non-hydrogen) atoms. The number of carbonyl (C=O) groups is 1. The van der Waals surface area contributed by atoms with Crippen LogP contribution in [-0.4, -0.2) is 13.1 Å². The van der Waals surface area contributed by atoms with Crippen LogP contribution in [0.4, 0.5) is 0 Å². The van der Waals surface area contributed by atoms with Crippen LogP contribution < -0.4 is 10.5 Å². The first-order chi connectivity index (χ1) is 10.5. The van der Waals surface area contributed by atoms with Gasteiger partial charge in [-0.1, -0.05) is 41.5 Å². The van der Waals surface area contributed by atoms with Gasteiger partial charge in [-0.15, -0.1) is 0 Å². The van der Waals surface area contributed by atoms with Crippen LogP contribution in [0.3, 0.4) is 0 Å². The average Bonchev–Trinajstić information content (AvgIpc) is 2.51. The highest BCUT2D eigenvalue weighted by molar-refractivity contribution is 5.77. The summed E-state index contributed by atoms with van der Waals surface area (Å²) in [7, 11) is 1.32. The third kappa shape index (κ3) is 4.09. The number of methoxy groups -OCH3 is 1. The van der Waals surface area contributed by atoms with Gasteiger partial charge >= 0.3 is 5.97 Å². The molecule has 0 aliphatic rings. The number of ether oxygens (including phenoxy) is 2. The zero-order valence-electron chi connectivity index (χ0n) is 13.1. The zero-order valence-corrected chi connectivity index (χ0v) is 13.1. The lowest BCUT2D eigenvalue weighted by molar-refractivity contribution is -0.142. The Morgan fingerprint density at radius 3 is 2.23 bits per heavy atom. The molecular formula is C18H21NO3. The largest absolute Gasteiger partial charge is 0.489 e. The maximum Gasteiger partial charge on any atom is 0.327 e. The molecule has 0 spiro atoms. The number of hydrogen-bond acceptors (Lipinski definition) is 4. The predicted octanol–water partition coefficient (Wildman–Crippen LogP) is 3.06. The van der Waals surface area contributed by atoms with Gasteiger partial charge in [-0.05, 0) is 37.1 Å². The maximum absolute atomic E-state index is 11.4. The van der Waals surface area contributed by atoms with Gasteiger partial charge in [-0.2, -0.15) is 0 Å². The van der Waals surface area contributed by atoms with Crippen molar-refractivity contribution < 1.29 is 14.3 Å². The van der Waals surface area contributed by atoms with E-state index in [2.05, 4.69) is 36.8 Å². The van der Waals surface area contributed by atoms with Crippen molar-refractivity contribution in [3.05, 3.63) is 64.7 Å². The number of benzene rings is 2. The average molecular weight is 299 g/mol. The lowest BCUT2D eigenvalue weighted by Gasteiger charge is -2.11. The summed E-state index contributed by atoms with van der Waals surface area (Å²) >= 11 is 0. The number of carbonyl (C=O) groups excluding carboxylic acids is 1. The van der Waals surface area contributed by atoms with Gasteiger partial charge < -0.3 is 15.2 Å². The first-order valence-corrected chi connectivity index (χ1v) is 7.13. The van der Waals surface area contributed by atoms with Crippen LogP contribution in [0.2, 0.25) is 0 Å².